The lowest BCUT2D eigenvalue weighted by atomic mass is 9.82. The number of carbonyl (C=O) groups excluding carboxylic acids is 2. The summed E-state index contributed by atoms with van der Waals surface area (Å²) in [5.41, 5.74) is 0.0301. The molecule has 5 heterocycles. The van der Waals surface area contributed by atoms with E-state index >= 15 is 4.79 Å². The number of rotatable bonds is 8. The van der Waals surface area contributed by atoms with Crippen LogP contribution < -0.4 is 16.0 Å². The zero-order chi connectivity index (χ0) is 40.5. The molecule has 6 aromatic rings. The third-order valence-electron chi connectivity index (χ3n) is 12.4. The van der Waals surface area contributed by atoms with E-state index in [9.17, 15) is 24.3 Å². The largest absolute Gasteiger partial charge is 0.432 e. The number of aliphatic hydroxyl groups is 1. The van der Waals surface area contributed by atoms with Gasteiger partial charge in [-0.3, -0.25) is 19.2 Å². The minimum Gasteiger partial charge on any atom is -0.432 e. The summed E-state index contributed by atoms with van der Waals surface area (Å²) in [5.74, 6) is -1.12. The fourth-order valence-corrected chi connectivity index (χ4v) is 12.3. The number of nitrogens with zero attached hydrogens (tertiary/aromatic N) is 6. The Bertz CT molecular complexity index is 2750. The Hall–Kier alpha value is -5.80. The highest BCUT2D eigenvalue weighted by molar-refractivity contribution is 6.71. The van der Waals surface area contributed by atoms with E-state index in [-0.39, 0.29) is 48.5 Å². The molecule has 2 N–H and O–H groups in total. The van der Waals surface area contributed by atoms with Crippen molar-refractivity contribution >= 4 is 47.4 Å². The van der Waals surface area contributed by atoms with E-state index < -0.39 is 31.5 Å². The maximum absolute atomic E-state index is 15.4. The van der Waals surface area contributed by atoms with Gasteiger partial charge in [-0.15, -0.1) is 0 Å². The average molecular weight is 797 g/mol. The number of hydrogen-bond donors (Lipinski definition) is 2. The molecule has 2 aromatic heterocycles. The van der Waals surface area contributed by atoms with Crippen LogP contribution in [0, 0.1) is 5.92 Å². The van der Waals surface area contributed by atoms with Gasteiger partial charge in [0.2, 0.25) is 5.91 Å². The second-order valence-corrected chi connectivity index (χ2v) is 20.3. The van der Waals surface area contributed by atoms with Crippen molar-refractivity contribution in [3.05, 3.63) is 135 Å². The molecule has 3 aliphatic heterocycles. The second-order valence-electron chi connectivity index (χ2n) is 16.3. The maximum Gasteiger partial charge on any atom is 0.279 e. The number of anilines is 1. The van der Waals surface area contributed by atoms with Crippen LogP contribution in [0.15, 0.2) is 113 Å². The van der Waals surface area contributed by atoms with E-state index in [1.54, 1.807) is 64.7 Å². The normalized spacial score (nSPS) is 23.1. The van der Waals surface area contributed by atoms with Crippen LogP contribution in [0.25, 0.3) is 32.9 Å². The summed E-state index contributed by atoms with van der Waals surface area (Å²) in [6.07, 6.45) is 3.90. The summed E-state index contributed by atoms with van der Waals surface area (Å²) in [4.78, 5) is 71.9. The first-order valence-electron chi connectivity index (χ1n) is 19.7. The van der Waals surface area contributed by atoms with Gasteiger partial charge in [-0.2, -0.15) is 19.6 Å². The molecule has 3 aliphatic rings. The molecule has 5 atom stereocenters. The van der Waals surface area contributed by atoms with E-state index in [1.165, 1.54) is 9.36 Å². The third-order valence-corrected chi connectivity index (χ3v) is 14.9. The van der Waals surface area contributed by atoms with Gasteiger partial charge in [0.25, 0.3) is 17.0 Å². The van der Waals surface area contributed by atoms with E-state index in [2.05, 4.69) is 10.2 Å². The van der Waals surface area contributed by atoms with Gasteiger partial charge in [0.1, 0.15) is 0 Å². The van der Waals surface area contributed by atoms with Crippen molar-refractivity contribution in [2.24, 2.45) is 5.92 Å². The SMILES string of the molecule is C[C@@H]1[C@@H]([Si](C)(C)O)[C@H](CC(=O)N2CCC[C@H]2CO)O[C@@]12C(=O)N(Cc1cccc(-n3ncc4ccccc4c3=O)c1)c1ccc(-n3ncc4ccccc4c3=O)cc12. The minimum absolute atomic E-state index is 0.0617. The number of benzene rings is 4. The quantitative estimate of drug-likeness (QED) is 0.206. The summed E-state index contributed by atoms with van der Waals surface area (Å²) in [6.45, 7) is 6.01. The predicted octanol–water partition coefficient (Wildman–Crippen LogP) is 4.80. The van der Waals surface area contributed by atoms with Gasteiger partial charge in [-0.1, -0.05) is 55.5 Å². The molecule has 296 valence electrons. The van der Waals surface area contributed by atoms with Crippen molar-refractivity contribution < 1.29 is 24.2 Å². The molecule has 58 heavy (non-hydrogen) atoms. The van der Waals surface area contributed by atoms with Crippen LogP contribution in [0.1, 0.15) is 37.3 Å². The highest BCUT2D eigenvalue weighted by Gasteiger charge is 2.66. The number of aliphatic hydroxyl groups excluding tert-OH is 1. The minimum atomic E-state index is -3.13. The third kappa shape index (κ3) is 6.01. The standard InChI is InChI=1S/C44H44N6O7Si/c1-27-40(58(2,3)56)38(22-39(52)47-19-9-14-33(47)26-51)57-44(27)36-21-32(50-42(54)35-16-7-5-12-30(35)24-46-50)17-18-37(36)48(43(44)55)25-28-10-8-13-31(20-28)49-41(53)34-15-6-4-11-29(34)23-45-49/h4-8,10-13,15-18,20-21,23-24,27,33,38,40,51,56H,9,14,19,22,25-26H2,1-3H3/t27-,33+,38+,40-,44+/m1/s1. The van der Waals surface area contributed by atoms with Crippen molar-refractivity contribution in [1.29, 1.82) is 0 Å². The summed E-state index contributed by atoms with van der Waals surface area (Å²) in [7, 11) is -3.13. The number of aromatic nitrogens is 4. The lowest BCUT2D eigenvalue weighted by Gasteiger charge is -2.33. The monoisotopic (exact) mass is 796 g/mol. The van der Waals surface area contributed by atoms with Crippen molar-refractivity contribution in [3.8, 4) is 11.4 Å². The number of carbonyl (C=O) groups is 2. The van der Waals surface area contributed by atoms with Gasteiger partial charge in [0, 0.05) is 34.3 Å². The zero-order valence-electron chi connectivity index (χ0n) is 32.5. The van der Waals surface area contributed by atoms with Crippen LogP contribution in [-0.4, -0.2) is 79.8 Å². The van der Waals surface area contributed by atoms with Crippen LogP contribution in [0.3, 0.4) is 0 Å². The van der Waals surface area contributed by atoms with E-state index in [0.29, 0.717) is 51.7 Å². The Morgan fingerprint density at radius 3 is 2.14 bits per heavy atom. The van der Waals surface area contributed by atoms with Crippen molar-refractivity contribution in [2.45, 2.75) is 69.1 Å². The fraction of sp³-hybridized carbons (Fsp3) is 0.318. The smallest absolute Gasteiger partial charge is 0.279 e. The molecule has 0 unspecified atom stereocenters. The summed E-state index contributed by atoms with van der Waals surface area (Å²) in [5, 5.41) is 21.4. The highest BCUT2D eigenvalue weighted by atomic mass is 28.4. The molecule has 0 bridgehead atoms. The topological polar surface area (TPSA) is 160 Å². The van der Waals surface area contributed by atoms with Gasteiger partial charge in [0.15, 0.2) is 13.9 Å². The Morgan fingerprint density at radius 1 is 0.862 bits per heavy atom. The molecule has 2 saturated heterocycles. The fourth-order valence-electron chi connectivity index (χ4n) is 9.72. The Kier molecular flexibility index (Phi) is 9.27. The van der Waals surface area contributed by atoms with E-state index in [1.807, 2.05) is 68.5 Å². The van der Waals surface area contributed by atoms with Crippen LogP contribution in [-0.2, 0) is 26.5 Å². The highest BCUT2D eigenvalue weighted by Crippen LogP contribution is 2.60. The first kappa shape index (κ1) is 37.8. The van der Waals surface area contributed by atoms with E-state index in [4.69, 9.17) is 4.74 Å². The lowest BCUT2D eigenvalue weighted by Crippen LogP contribution is -2.46. The Morgan fingerprint density at radius 2 is 1.50 bits per heavy atom. The van der Waals surface area contributed by atoms with Crippen LogP contribution in [0.2, 0.25) is 18.6 Å². The summed E-state index contributed by atoms with van der Waals surface area (Å²) >= 11 is 0. The number of fused-ring (bicyclic) bond motifs is 4. The van der Waals surface area contributed by atoms with Gasteiger partial charge in [-0.25, -0.2) is 0 Å². The molecule has 0 radical (unpaired) electrons. The van der Waals surface area contributed by atoms with Crippen molar-refractivity contribution in [3.63, 3.8) is 0 Å². The van der Waals surface area contributed by atoms with Crippen molar-refractivity contribution in [1.82, 2.24) is 24.5 Å². The van der Waals surface area contributed by atoms with Crippen LogP contribution in [0.4, 0.5) is 5.69 Å². The van der Waals surface area contributed by atoms with E-state index in [0.717, 1.165) is 17.4 Å². The van der Waals surface area contributed by atoms with Crippen LogP contribution >= 0.6 is 0 Å². The molecular weight excluding hydrogens is 753 g/mol. The predicted molar refractivity (Wildman–Crippen MR) is 221 cm³/mol. The second kappa shape index (κ2) is 14.2. The first-order chi connectivity index (χ1) is 27.9. The van der Waals surface area contributed by atoms with Gasteiger partial charge < -0.3 is 24.4 Å². The molecule has 0 saturated carbocycles. The molecule has 2 fully saturated rings. The molecular formula is C44H44N6O7Si. The molecule has 2 amide bonds. The average Bonchev–Trinajstić information content (AvgIpc) is 3.88. The summed E-state index contributed by atoms with van der Waals surface area (Å²) in [6, 6.07) is 26.8. The molecule has 0 aliphatic carbocycles. The van der Waals surface area contributed by atoms with Gasteiger partial charge in [0.05, 0.1) is 71.9 Å². The molecule has 14 heteroatoms. The number of likely N-dealkylation sites (tertiary alicyclic amines) is 1. The molecule has 4 aromatic carbocycles. The zero-order valence-corrected chi connectivity index (χ0v) is 33.5. The summed E-state index contributed by atoms with van der Waals surface area (Å²) < 4.78 is 9.68. The Labute approximate surface area is 334 Å². The maximum atomic E-state index is 15.4. The van der Waals surface area contributed by atoms with Gasteiger partial charge in [-0.05, 0) is 74.0 Å². The molecule has 13 nitrogen and oxygen atoms in total. The van der Waals surface area contributed by atoms with Gasteiger partial charge >= 0.3 is 0 Å². The van der Waals surface area contributed by atoms with Crippen LogP contribution in [0.5, 0.6) is 0 Å². The van der Waals surface area contributed by atoms with Crippen molar-refractivity contribution in [2.75, 3.05) is 18.1 Å². The Balaban J connectivity index is 1.15. The molecule has 9 rings (SSSR count). The number of hydrogen-bond acceptors (Lipinski definition) is 9. The lowest BCUT2D eigenvalue weighted by molar-refractivity contribution is -0.150. The number of amides is 2. The first-order valence-corrected chi connectivity index (χ1v) is 22.7. The molecule has 1 spiro atoms. The number of ether oxygens (including phenoxy) is 1.